The van der Waals surface area contributed by atoms with Crippen molar-refractivity contribution in [2.75, 3.05) is 0 Å². The third-order valence-corrected chi connectivity index (χ3v) is 3.90. The van der Waals surface area contributed by atoms with Crippen molar-refractivity contribution in [3.63, 3.8) is 0 Å². The van der Waals surface area contributed by atoms with Crippen molar-refractivity contribution >= 4 is 5.97 Å². The van der Waals surface area contributed by atoms with Crippen LogP contribution in [-0.2, 0) is 4.79 Å². The first-order valence-electron chi connectivity index (χ1n) is 9.14. The van der Waals surface area contributed by atoms with Crippen LogP contribution in [0.2, 0.25) is 0 Å². The van der Waals surface area contributed by atoms with Gasteiger partial charge in [-0.2, -0.15) is 0 Å². The average Bonchev–Trinajstić information content (AvgIpc) is 2.46. The molecule has 0 spiro atoms. The van der Waals surface area contributed by atoms with Gasteiger partial charge in [-0.3, -0.25) is 4.79 Å². The maximum atomic E-state index is 10.3. The van der Waals surface area contributed by atoms with Gasteiger partial charge in [-0.25, -0.2) is 0 Å². The summed E-state index contributed by atoms with van der Waals surface area (Å²) in [6.45, 7) is 2.26. The number of unbranched alkanes of at least 4 members (excludes halogenated alkanes) is 12. The molecule has 0 aromatic heterocycles. The molecule has 0 heterocycles. The lowest BCUT2D eigenvalue weighted by Gasteiger charge is -2.01. The summed E-state index contributed by atoms with van der Waals surface area (Å²) in [5.74, 6) is -0.659. The fourth-order valence-electron chi connectivity index (χ4n) is 2.52. The first kappa shape index (κ1) is 20.2. The van der Waals surface area contributed by atoms with E-state index in [9.17, 15) is 4.79 Å². The molecule has 0 aliphatic rings. The predicted molar refractivity (Wildman–Crippen MR) is 91.7 cm³/mol. The molecular weight excluding hydrogens is 260 g/mol. The summed E-state index contributed by atoms with van der Waals surface area (Å²) < 4.78 is 0. The molecule has 0 fully saturated rings. The average molecular weight is 296 g/mol. The largest absolute Gasteiger partial charge is 0.481 e. The van der Waals surface area contributed by atoms with E-state index in [-0.39, 0.29) is 0 Å². The SMILES string of the molecule is CCCCCC/C=C\CCCCCCCCCCC(=O)O. The fourth-order valence-corrected chi connectivity index (χ4v) is 2.52. The summed E-state index contributed by atoms with van der Waals surface area (Å²) >= 11 is 0. The van der Waals surface area contributed by atoms with Gasteiger partial charge in [0.15, 0.2) is 0 Å². The van der Waals surface area contributed by atoms with Crippen LogP contribution < -0.4 is 0 Å². The van der Waals surface area contributed by atoms with Crippen LogP contribution in [0.25, 0.3) is 0 Å². The van der Waals surface area contributed by atoms with Crippen LogP contribution in [0.3, 0.4) is 0 Å². The van der Waals surface area contributed by atoms with Gasteiger partial charge < -0.3 is 5.11 Å². The highest BCUT2D eigenvalue weighted by Gasteiger charge is 1.96. The molecule has 0 rings (SSSR count). The molecule has 0 bridgehead atoms. The molecule has 1 N–H and O–H groups in total. The number of aliphatic carboxylic acids is 1. The van der Waals surface area contributed by atoms with Gasteiger partial charge in [-0.05, 0) is 32.1 Å². The third-order valence-electron chi connectivity index (χ3n) is 3.90. The zero-order chi connectivity index (χ0) is 15.6. The van der Waals surface area contributed by atoms with Crippen LogP contribution >= 0.6 is 0 Å². The molecule has 0 aliphatic heterocycles. The lowest BCUT2D eigenvalue weighted by molar-refractivity contribution is -0.137. The van der Waals surface area contributed by atoms with Crippen molar-refractivity contribution in [3.05, 3.63) is 12.2 Å². The second kappa shape index (κ2) is 17.3. The van der Waals surface area contributed by atoms with Gasteiger partial charge in [0, 0.05) is 6.42 Å². The van der Waals surface area contributed by atoms with Crippen molar-refractivity contribution < 1.29 is 9.90 Å². The van der Waals surface area contributed by atoms with Crippen LogP contribution in [0.5, 0.6) is 0 Å². The van der Waals surface area contributed by atoms with Crippen LogP contribution in [0.15, 0.2) is 12.2 Å². The molecule has 0 aromatic rings. The Morgan fingerprint density at radius 1 is 0.714 bits per heavy atom. The Morgan fingerprint density at radius 2 is 1.14 bits per heavy atom. The van der Waals surface area contributed by atoms with E-state index in [0.717, 1.165) is 12.8 Å². The summed E-state index contributed by atoms with van der Waals surface area (Å²) in [4.78, 5) is 10.3. The van der Waals surface area contributed by atoms with E-state index in [0.29, 0.717) is 6.42 Å². The van der Waals surface area contributed by atoms with Crippen LogP contribution in [0.1, 0.15) is 103 Å². The second-order valence-corrected chi connectivity index (χ2v) is 6.08. The number of carboxylic acid groups (broad SMARTS) is 1. The van der Waals surface area contributed by atoms with E-state index in [2.05, 4.69) is 19.1 Å². The molecule has 0 saturated heterocycles. The van der Waals surface area contributed by atoms with Crippen LogP contribution in [-0.4, -0.2) is 11.1 Å². The maximum Gasteiger partial charge on any atom is 0.303 e. The Balaban J connectivity index is 3.05. The topological polar surface area (TPSA) is 37.3 Å². The number of hydrogen-bond donors (Lipinski definition) is 1. The van der Waals surface area contributed by atoms with Gasteiger partial charge in [-0.15, -0.1) is 0 Å². The highest BCUT2D eigenvalue weighted by molar-refractivity contribution is 5.66. The molecule has 0 aromatic carbocycles. The summed E-state index contributed by atoms with van der Waals surface area (Å²) in [6.07, 6.45) is 22.7. The van der Waals surface area contributed by atoms with Gasteiger partial charge in [0.1, 0.15) is 0 Å². The number of rotatable bonds is 16. The molecule has 124 valence electrons. The van der Waals surface area contributed by atoms with Gasteiger partial charge >= 0.3 is 5.97 Å². The monoisotopic (exact) mass is 296 g/mol. The van der Waals surface area contributed by atoms with E-state index in [1.54, 1.807) is 0 Å². The zero-order valence-corrected chi connectivity index (χ0v) is 14.1. The van der Waals surface area contributed by atoms with E-state index >= 15 is 0 Å². The Kier molecular flexibility index (Phi) is 16.6. The maximum absolute atomic E-state index is 10.3. The molecular formula is C19H36O2. The highest BCUT2D eigenvalue weighted by Crippen LogP contribution is 2.11. The van der Waals surface area contributed by atoms with Gasteiger partial charge in [0.25, 0.3) is 0 Å². The van der Waals surface area contributed by atoms with Crippen molar-refractivity contribution in [1.82, 2.24) is 0 Å². The van der Waals surface area contributed by atoms with Crippen molar-refractivity contribution in [2.45, 2.75) is 103 Å². The Morgan fingerprint density at radius 3 is 1.62 bits per heavy atom. The second-order valence-electron chi connectivity index (χ2n) is 6.08. The minimum atomic E-state index is -0.659. The lowest BCUT2D eigenvalue weighted by Crippen LogP contribution is -1.93. The molecule has 0 radical (unpaired) electrons. The van der Waals surface area contributed by atoms with Crippen molar-refractivity contribution in [3.8, 4) is 0 Å². The first-order chi connectivity index (χ1) is 10.3. The van der Waals surface area contributed by atoms with E-state index in [1.165, 1.54) is 77.0 Å². The lowest BCUT2D eigenvalue weighted by atomic mass is 10.1. The van der Waals surface area contributed by atoms with E-state index in [1.807, 2.05) is 0 Å². The van der Waals surface area contributed by atoms with E-state index in [4.69, 9.17) is 5.11 Å². The minimum absolute atomic E-state index is 0.338. The molecule has 2 heteroatoms. The van der Waals surface area contributed by atoms with Gasteiger partial charge in [0.05, 0.1) is 0 Å². The number of carbonyl (C=O) groups is 1. The summed E-state index contributed by atoms with van der Waals surface area (Å²) in [5.41, 5.74) is 0. The molecule has 0 aliphatic carbocycles. The van der Waals surface area contributed by atoms with E-state index < -0.39 is 5.97 Å². The number of hydrogen-bond acceptors (Lipinski definition) is 1. The summed E-state index contributed by atoms with van der Waals surface area (Å²) in [5, 5.41) is 8.52. The molecule has 0 amide bonds. The summed E-state index contributed by atoms with van der Waals surface area (Å²) in [7, 11) is 0. The quantitative estimate of drug-likeness (QED) is 0.261. The number of allylic oxidation sites excluding steroid dienone is 2. The van der Waals surface area contributed by atoms with Crippen LogP contribution in [0.4, 0.5) is 0 Å². The number of carboxylic acids is 1. The minimum Gasteiger partial charge on any atom is -0.481 e. The highest BCUT2D eigenvalue weighted by atomic mass is 16.4. The predicted octanol–water partition coefficient (Wildman–Crippen LogP) is 6.50. The fraction of sp³-hybridized carbons (Fsp3) is 0.842. The smallest absolute Gasteiger partial charge is 0.303 e. The normalized spacial score (nSPS) is 11.3. The zero-order valence-electron chi connectivity index (χ0n) is 14.1. The molecule has 0 unspecified atom stereocenters. The Hall–Kier alpha value is -0.790. The molecule has 0 atom stereocenters. The van der Waals surface area contributed by atoms with Gasteiger partial charge in [0.2, 0.25) is 0 Å². The molecule has 2 nitrogen and oxygen atoms in total. The third kappa shape index (κ3) is 19.2. The standard InChI is InChI=1S/C19H36O2/c1-2-3-4-5-6-7-8-9-10-11-12-13-14-15-16-17-18-19(20)21/h7-8H,2-6,9-18H2,1H3,(H,20,21)/b8-7-. The van der Waals surface area contributed by atoms with Crippen molar-refractivity contribution in [1.29, 1.82) is 0 Å². The first-order valence-corrected chi connectivity index (χ1v) is 9.14. The summed E-state index contributed by atoms with van der Waals surface area (Å²) in [6, 6.07) is 0. The Labute approximate surface area is 132 Å². The van der Waals surface area contributed by atoms with Gasteiger partial charge in [-0.1, -0.05) is 76.9 Å². The molecule has 21 heavy (non-hydrogen) atoms. The van der Waals surface area contributed by atoms with Crippen LogP contribution in [0, 0.1) is 0 Å². The Bertz CT molecular complexity index is 246. The van der Waals surface area contributed by atoms with Crippen molar-refractivity contribution in [2.24, 2.45) is 0 Å². The molecule has 0 saturated carbocycles.